The van der Waals surface area contributed by atoms with Gasteiger partial charge in [-0.3, -0.25) is 14.6 Å². The van der Waals surface area contributed by atoms with Crippen molar-refractivity contribution in [2.75, 3.05) is 26.8 Å². The minimum Gasteiger partial charge on any atom is -0.383 e. The molecule has 1 aromatic rings. The third-order valence-electron chi connectivity index (χ3n) is 3.46. The Morgan fingerprint density at radius 1 is 1.36 bits per heavy atom. The summed E-state index contributed by atoms with van der Waals surface area (Å²) in [6, 6.07) is 0.224. The monoisotopic (exact) mass is 306 g/mol. The lowest BCUT2D eigenvalue weighted by Crippen LogP contribution is -2.37. The fourth-order valence-corrected chi connectivity index (χ4v) is 2.09. The van der Waals surface area contributed by atoms with Gasteiger partial charge in [-0.1, -0.05) is 0 Å². The van der Waals surface area contributed by atoms with Gasteiger partial charge in [0.1, 0.15) is 5.69 Å². The molecule has 0 aliphatic heterocycles. The van der Waals surface area contributed by atoms with Gasteiger partial charge in [0, 0.05) is 38.9 Å². The Balaban J connectivity index is 1.88. The molecule has 0 saturated heterocycles. The number of nitrogens with one attached hydrogen (secondary N) is 1. The van der Waals surface area contributed by atoms with Crippen LogP contribution in [0.5, 0.6) is 0 Å². The van der Waals surface area contributed by atoms with E-state index in [2.05, 4.69) is 15.3 Å². The molecule has 7 heteroatoms. The van der Waals surface area contributed by atoms with Crippen molar-refractivity contribution in [3.63, 3.8) is 0 Å². The van der Waals surface area contributed by atoms with Crippen molar-refractivity contribution in [2.24, 2.45) is 0 Å². The highest BCUT2D eigenvalue weighted by Gasteiger charge is 2.33. The van der Waals surface area contributed by atoms with Gasteiger partial charge >= 0.3 is 0 Å². The Labute approximate surface area is 130 Å². The second-order valence-corrected chi connectivity index (χ2v) is 5.37. The first-order valence-corrected chi connectivity index (χ1v) is 7.47. The number of hydrogen-bond donors (Lipinski definition) is 1. The molecule has 7 nitrogen and oxygen atoms in total. The summed E-state index contributed by atoms with van der Waals surface area (Å²) in [5, 5.41) is 2.75. The van der Waals surface area contributed by atoms with Crippen molar-refractivity contribution >= 4 is 11.8 Å². The Hall–Kier alpha value is -2.02. The molecule has 0 unspecified atom stereocenters. The third-order valence-corrected chi connectivity index (χ3v) is 3.46. The lowest BCUT2D eigenvalue weighted by atomic mass is 10.3. The Morgan fingerprint density at radius 3 is 2.73 bits per heavy atom. The number of carbonyl (C=O) groups excluding carboxylic acids is 2. The quantitative estimate of drug-likeness (QED) is 0.709. The molecule has 2 amide bonds. The van der Waals surface area contributed by atoms with Crippen molar-refractivity contribution in [2.45, 2.75) is 32.2 Å². The molecule has 120 valence electrons. The summed E-state index contributed by atoms with van der Waals surface area (Å²) < 4.78 is 4.88. The van der Waals surface area contributed by atoms with Crippen LogP contribution in [-0.2, 0) is 9.53 Å². The van der Waals surface area contributed by atoms with Crippen LogP contribution < -0.4 is 5.32 Å². The summed E-state index contributed by atoms with van der Waals surface area (Å²) in [5.74, 6) is -0.231. The fourth-order valence-electron chi connectivity index (χ4n) is 2.09. The van der Waals surface area contributed by atoms with E-state index in [0.717, 1.165) is 18.5 Å². The van der Waals surface area contributed by atoms with Crippen LogP contribution in [0.4, 0.5) is 0 Å². The van der Waals surface area contributed by atoms with Crippen LogP contribution in [0.15, 0.2) is 12.4 Å². The fraction of sp³-hybridized carbons (Fsp3) is 0.600. The van der Waals surface area contributed by atoms with Gasteiger partial charge in [0.15, 0.2) is 0 Å². The molecule has 1 aromatic heterocycles. The number of rotatable bonds is 8. The van der Waals surface area contributed by atoms with Crippen LogP contribution in [0.2, 0.25) is 0 Å². The highest BCUT2D eigenvalue weighted by Crippen LogP contribution is 2.28. The third kappa shape index (κ3) is 4.77. The highest BCUT2D eigenvalue weighted by atomic mass is 16.5. The molecular weight excluding hydrogens is 284 g/mol. The smallest absolute Gasteiger partial charge is 0.274 e. The van der Waals surface area contributed by atoms with Gasteiger partial charge in [0.05, 0.1) is 18.5 Å². The molecule has 0 spiro atoms. The van der Waals surface area contributed by atoms with Crippen LogP contribution in [0.1, 0.15) is 35.4 Å². The average Bonchev–Trinajstić information content (AvgIpc) is 3.33. The number of aromatic nitrogens is 2. The molecule has 1 fully saturated rings. The SMILES string of the molecule is COCCNC(=O)CCN(C(=O)c1cnc(C)cn1)C1CC1. The maximum absolute atomic E-state index is 12.5. The number of ether oxygens (including phenoxy) is 1. The van der Waals surface area contributed by atoms with Gasteiger partial charge in [0.25, 0.3) is 5.91 Å². The van der Waals surface area contributed by atoms with Crippen LogP contribution in [0.3, 0.4) is 0 Å². The summed E-state index contributed by atoms with van der Waals surface area (Å²) in [6.45, 7) is 3.19. The van der Waals surface area contributed by atoms with E-state index in [0.29, 0.717) is 25.4 Å². The zero-order valence-electron chi connectivity index (χ0n) is 13.0. The lowest BCUT2D eigenvalue weighted by molar-refractivity contribution is -0.121. The van der Waals surface area contributed by atoms with Crippen molar-refractivity contribution < 1.29 is 14.3 Å². The van der Waals surface area contributed by atoms with E-state index in [4.69, 9.17) is 4.74 Å². The van der Waals surface area contributed by atoms with Crippen molar-refractivity contribution in [1.82, 2.24) is 20.2 Å². The largest absolute Gasteiger partial charge is 0.383 e. The molecule has 1 aliphatic rings. The van der Waals surface area contributed by atoms with Crippen LogP contribution in [0, 0.1) is 6.92 Å². The summed E-state index contributed by atoms with van der Waals surface area (Å²) in [4.78, 5) is 34.2. The zero-order chi connectivity index (χ0) is 15.9. The normalized spacial score (nSPS) is 13.7. The molecule has 0 atom stereocenters. The highest BCUT2D eigenvalue weighted by molar-refractivity contribution is 5.92. The zero-order valence-corrected chi connectivity index (χ0v) is 13.0. The minimum absolute atomic E-state index is 0.0782. The van der Waals surface area contributed by atoms with Crippen LogP contribution in [0.25, 0.3) is 0 Å². The number of nitrogens with zero attached hydrogens (tertiary/aromatic N) is 3. The molecule has 1 aliphatic carbocycles. The van der Waals surface area contributed by atoms with Crippen LogP contribution >= 0.6 is 0 Å². The lowest BCUT2D eigenvalue weighted by Gasteiger charge is -2.21. The molecule has 2 rings (SSSR count). The first-order chi connectivity index (χ1) is 10.6. The van der Waals surface area contributed by atoms with Gasteiger partial charge in [0.2, 0.25) is 5.91 Å². The summed E-state index contributed by atoms with van der Waals surface area (Å²) in [5.41, 5.74) is 1.10. The molecule has 1 heterocycles. The van der Waals surface area contributed by atoms with E-state index < -0.39 is 0 Å². The van der Waals surface area contributed by atoms with E-state index in [1.54, 1.807) is 18.2 Å². The molecule has 0 bridgehead atoms. The number of carbonyl (C=O) groups is 2. The van der Waals surface area contributed by atoms with Gasteiger partial charge in [-0.2, -0.15) is 0 Å². The van der Waals surface area contributed by atoms with Crippen LogP contribution in [-0.4, -0.2) is 59.5 Å². The van der Waals surface area contributed by atoms with E-state index in [-0.39, 0.29) is 24.3 Å². The first-order valence-electron chi connectivity index (χ1n) is 7.47. The summed E-state index contributed by atoms with van der Waals surface area (Å²) in [7, 11) is 1.59. The summed E-state index contributed by atoms with van der Waals surface area (Å²) >= 11 is 0. The maximum Gasteiger partial charge on any atom is 0.274 e. The van der Waals surface area contributed by atoms with E-state index >= 15 is 0 Å². The topological polar surface area (TPSA) is 84.4 Å². The Kier molecular flexibility index (Phi) is 5.83. The molecule has 22 heavy (non-hydrogen) atoms. The Morgan fingerprint density at radius 2 is 2.14 bits per heavy atom. The second kappa shape index (κ2) is 7.84. The van der Waals surface area contributed by atoms with Crippen molar-refractivity contribution in [1.29, 1.82) is 0 Å². The number of aryl methyl sites for hydroxylation is 1. The standard InChI is InChI=1S/C15H22N4O3/c1-11-9-18-13(10-17-11)15(21)19(12-3-4-12)7-5-14(20)16-6-8-22-2/h9-10,12H,3-8H2,1-2H3,(H,16,20). The number of methoxy groups -OCH3 is 1. The Bertz CT molecular complexity index is 514. The van der Waals surface area contributed by atoms with Crippen molar-refractivity contribution in [3.05, 3.63) is 23.8 Å². The summed E-state index contributed by atoms with van der Waals surface area (Å²) in [6.07, 6.45) is 5.32. The molecule has 1 N–H and O–H groups in total. The van der Waals surface area contributed by atoms with E-state index in [9.17, 15) is 9.59 Å². The maximum atomic E-state index is 12.5. The predicted molar refractivity (Wildman–Crippen MR) is 80.3 cm³/mol. The average molecular weight is 306 g/mol. The molecule has 0 aromatic carbocycles. The van der Waals surface area contributed by atoms with Gasteiger partial charge < -0.3 is 15.0 Å². The second-order valence-electron chi connectivity index (χ2n) is 5.37. The van der Waals surface area contributed by atoms with Gasteiger partial charge in [-0.05, 0) is 19.8 Å². The number of amides is 2. The predicted octanol–water partition coefficient (Wildman–Crippen LogP) is 0.542. The molecule has 1 saturated carbocycles. The number of hydrogen-bond acceptors (Lipinski definition) is 5. The first kappa shape index (κ1) is 16.4. The van der Waals surface area contributed by atoms with Gasteiger partial charge in [-0.15, -0.1) is 0 Å². The van der Waals surface area contributed by atoms with E-state index in [1.165, 1.54) is 6.20 Å². The van der Waals surface area contributed by atoms with E-state index in [1.807, 2.05) is 6.92 Å². The molecular formula is C15H22N4O3. The van der Waals surface area contributed by atoms with Crippen molar-refractivity contribution in [3.8, 4) is 0 Å². The molecule has 0 radical (unpaired) electrons. The van der Waals surface area contributed by atoms with Gasteiger partial charge in [-0.25, -0.2) is 4.98 Å². The minimum atomic E-state index is -0.153.